The number of urea groups is 1. The number of hydrogen-bond acceptors (Lipinski definition) is 2. The summed E-state index contributed by atoms with van der Waals surface area (Å²) in [6.45, 7) is 4.26. The summed E-state index contributed by atoms with van der Waals surface area (Å²) in [5.74, 6) is 0.683. The van der Waals surface area contributed by atoms with Crippen molar-refractivity contribution in [1.82, 2.24) is 5.32 Å². The average molecular weight is 352 g/mol. The van der Waals surface area contributed by atoms with E-state index < -0.39 is 17.8 Å². The van der Waals surface area contributed by atoms with Gasteiger partial charge in [-0.3, -0.25) is 0 Å². The van der Waals surface area contributed by atoms with Crippen molar-refractivity contribution in [3.63, 3.8) is 0 Å². The second-order valence-corrected chi connectivity index (χ2v) is 5.60. The molecule has 0 aliphatic rings. The lowest BCUT2D eigenvalue weighted by Gasteiger charge is -2.14. The first kappa shape index (κ1) is 18.6. The Labute approximate surface area is 144 Å². The molecule has 0 radical (unpaired) electrons. The van der Waals surface area contributed by atoms with Gasteiger partial charge >= 0.3 is 12.2 Å². The smallest absolute Gasteiger partial charge is 0.418 e. The van der Waals surface area contributed by atoms with Gasteiger partial charge in [0, 0.05) is 0 Å². The molecule has 25 heavy (non-hydrogen) atoms. The Morgan fingerprint density at radius 3 is 2.36 bits per heavy atom. The zero-order valence-corrected chi connectivity index (χ0v) is 13.9. The van der Waals surface area contributed by atoms with Crippen LogP contribution in [0.3, 0.4) is 0 Å². The van der Waals surface area contributed by atoms with Crippen molar-refractivity contribution in [3.8, 4) is 5.75 Å². The number of halogens is 3. The minimum atomic E-state index is -4.53. The first-order valence-corrected chi connectivity index (χ1v) is 7.68. The second kappa shape index (κ2) is 7.92. The van der Waals surface area contributed by atoms with Crippen molar-refractivity contribution in [2.75, 3.05) is 18.5 Å². The third-order valence-electron chi connectivity index (χ3n) is 3.33. The molecule has 0 atom stereocenters. The first-order chi connectivity index (χ1) is 11.8. The van der Waals surface area contributed by atoms with Gasteiger partial charge in [0.25, 0.3) is 0 Å². The van der Waals surface area contributed by atoms with Crippen LogP contribution < -0.4 is 15.4 Å². The van der Waals surface area contributed by atoms with E-state index in [1.54, 1.807) is 0 Å². The van der Waals surface area contributed by atoms with E-state index in [4.69, 9.17) is 4.74 Å². The summed E-state index contributed by atoms with van der Waals surface area (Å²) in [5.41, 5.74) is 0.938. The van der Waals surface area contributed by atoms with Gasteiger partial charge in [-0.25, -0.2) is 4.79 Å². The van der Waals surface area contributed by atoms with Crippen LogP contribution in [0.1, 0.15) is 16.7 Å². The molecule has 0 saturated carbocycles. The molecule has 0 aliphatic carbocycles. The van der Waals surface area contributed by atoms with Gasteiger partial charge < -0.3 is 15.4 Å². The highest BCUT2D eigenvalue weighted by Crippen LogP contribution is 2.34. The maximum atomic E-state index is 12.9. The van der Waals surface area contributed by atoms with E-state index in [-0.39, 0.29) is 18.8 Å². The monoisotopic (exact) mass is 352 g/mol. The van der Waals surface area contributed by atoms with Crippen LogP contribution >= 0.6 is 0 Å². The van der Waals surface area contributed by atoms with Crippen molar-refractivity contribution in [2.24, 2.45) is 0 Å². The number of alkyl halides is 3. The predicted octanol–water partition coefficient (Wildman–Crippen LogP) is 4.52. The highest BCUT2D eigenvalue weighted by Gasteiger charge is 2.33. The molecule has 0 fully saturated rings. The molecule has 0 saturated heterocycles. The number of para-hydroxylation sites is 1. The highest BCUT2D eigenvalue weighted by atomic mass is 19.4. The van der Waals surface area contributed by atoms with E-state index in [0.717, 1.165) is 17.2 Å². The van der Waals surface area contributed by atoms with Gasteiger partial charge in [-0.2, -0.15) is 13.2 Å². The number of anilines is 1. The lowest BCUT2D eigenvalue weighted by Crippen LogP contribution is -2.32. The lowest BCUT2D eigenvalue weighted by molar-refractivity contribution is -0.136. The van der Waals surface area contributed by atoms with E-state index in [9.17, 15) is 18.0 Å². The Kier molecular flexibility index (Phi) is 5.90. The number of aryl methyl sites for hydroxylation is 2. The maximum Gasteiger partial charge on any atom is 0.418 e. The second-order valence-electron chi connectivity index (χ2n) is 5.60. The number of benzene rings is 2. The molecule has 2 amide bonds. The standard InChI is InChI=1S/C18H19F3N2O2/c1-12-9-13(2)11-14(10-12)25-8-7-22-17(24)23-16-6-4-3-5-15(16)18(19,20)21/h3-6,9-11H,7-8H2,1-2H3,(H2,22,23,24). The summed E-state index contributed by atoms with van der Waals surface area (Å²) in [6.07, 6.45) is -4.53. The number of carbonyl (C=O) groups excluding carboxylic acids is 1. The number of ether oxygens (including phenoxy) is 1. The van der Waals surface area contributed by atoms with Crippen LogP contribution in [0.4, 0.5) is 23.7 Å². The molecule has 0 unspecified atom stereocenters. The fraction of sp³-hybridized carbons (Fsp3) is 0.278. The number of amides is 2. The molecule has 134 valence electrons. The van der Waals surface area contributed by atoms with Gasteiger partial charge in [-0.15, -0.1) is 0 Å². The van der Waals surface area contributed by atoms with Gasteiger partial charge in [-0.1, -0.05) is 18.2 Å². The maximum absolute atomic E-state index is 12.9. The van der Waals surface area contributed by atoms with Crippen molar-refractivity contribution in [2.45, 2.75) is 20.0 Å². The lowest BCUT2D eigenvalue weighted by atomic mass is 10.1. The van der Waals surface area contributed by atoms with Crippen molar-refractivity contribution in [1.29, 1.82) is 0 Å². The molecule has 0 heterocycles. The molecule has 0 bridgehead atoms. The fourth-order valence-electron chi connectivity index (χ4n) is 2.36. The minimum Gasteiger partial charge on any atom is -0.492 e. The quantitative estimate of drug-likeness (QED) is 0.777. The summed E-state index contributed by atoms with van der Waals surface area (Å²) in [7, 11) is 0. The zero-order valence-electron chi connectivity index (χ0n) is 13.9. The number of hydrogen-bond donors (Lipinski definition) is 2. The van der Waals surface area contributed by atoms with Gasteiger partial charge in [0.05, 0.1) is 17.8 Å². The average Bonchev–Trinajstić information content (AvgIpc) is 2.50. The molecule has 2 aromatic carbocycles. The molecular formula is C18H19F3N2O2. The van der Waals surface area contributed by atoms with Crippen LogP contribution in [0.2, 0.25) is 0 Å². The van der Waals surface area contributed by atoms with Gasteiger partial charge in [0.2, 0.25) is 0 Å². The first-order valence-electron chi connectivity index (χ1n) is 7.68. The Hall–Kier alpha value is -2.70. The third-order valence-corrected chi connectivity index (χ3v) is 3.33. The van der Waals surface area contributed by atoms with Crippen LogP contribution in [-0.2, 0) is 6.18 Å². The Balaban J connectivity index is 1.84. The number of carbonyl (C=O) groups is 1. The molecule has 7 heteroatoms. The number of rotatable bonds is 5. The predicted molar refractivity (Wildman–Crippen MR) is 89.9 cm³/mol. The molecule has 0 aromatic heterocycles. The molecular weight excluding hydrogens is 333 g/mol. The van der Waals surface area contributed by atoms with E-state index >= 15 is 0 Å². The van der Waals surface area contributed by atoms with Crippen LogP contribution in [-0.4, -0.2) is 19.2 Å². The Morgan fingerprint density at radius 2 is 1.72 bits per heavy atom. The fourth-order valence-corrected chi connectivity index (χ4v) is 2.36. The molecule has 4 nitrogen and oxygen atoms in total. The van der Waals surface area contributed by atoms with E-state index in [1.165, 1.54) is 18.2 Å². The highest BCUT2D eigenvalue weighted by molar-refractivity contribution is 5.90. The van der Waals surface area contributed by atoms with Gasteiger partial charge in [-0.05, 0) is 49.2 Å². The summed E-state index contributed by atoms with van der Waals surface area (Å²) < 4.78 is 44.1. The van der Waals surface area contributed by atoms with Crippen LogP contribution in [0, 0.1) is 13.8 Å². The summed E-state index contributed by atoms with van der Waals surface area (Å²) in [5, 5.41) is 4.68. The van der Waals surface area contributed by atoms with Crippen LogP contribution in [0.25, 0.3) is 0 Å². The zero-order chi connectivity index (χ0) is 18.4. The summed E-state index contributed by atoms with van der Waals surface area (Å²) >= 11 is 0. The minimum absolute atomic E-state index is 0.160. The third kappa shape index (κ3) is 5.70. The molecule has 2 N–H and O–H groups in total. The van der Waals surface area contributed by atoms with Gasteiger partial charge in [0.1, 0.15) is 12.4 Å². The topological polar surface area (TPSA) is 50.4 Å². The largest absolute Gasteiger partial charge is 0.492 e. The SMILES string of the molecule is Cc1cc(C)cc(OCCNC(=O)Nc2ccccc2C(F)(F)F)c1. The van der Waals surface area contributed by atoms with Crippen molar-refractivity contribution in [3.05, 3.63) is 59.2 Å². The summed E-state index contributed by atoms with van der Waals surface area (Å²) in [6, 6.07) is 9.83. The van der Waals surface area contributed by atoms with E-state index in [0.29, 0.717) is 5.75 Å². The van der Waals surface area contributed by atoms with Crippen molar-refractivity contribution < 1.29 is 22.7 Å². The summed E-state index contributed by atoms with van der Waals surface area (Å²) in [4.78, 5) is 11.8. The van der Waals surface area contributed by atoms with E-state index in [2.05, 4.69) is 10.6 Å². The van der Waals surface area contributed by atoms with Crippen LogP contribution in [0.15, 0.2) is 42.5 Å². The molecule has 0 aliphatic heterocycles. The molecule has 2 aromatic rings. The molecule has 2 rings (SSSR count). The van der Waals surface area contributed by atoms with E-state index in [1.807, 2.05) is 32.0 Å². The Morgan fingerprint density at radius 1 is 1.08 bits per heavy atom. The van der Waals surface area contributed by atoms with Crippen molar-refractivity contribution >= 4 is 11.7 Å². The molecule has 0 spiro atoms. The Bertz CT molecular complexity index is 725. The normalized spacial score (nSPS) is 11.1. The van der Waals surface area contributed by atoms with Gasteiger partial charge in [0.15, 0.2) is 0 Å². The number of nitrogens with one attached hydrogen (secondary N) is 2. The van der Waals surface area contributed by atoms with Crippen LogP contribution in [0.5, 0.6) is 5.75 Å².